The van der Waals surface area contributed by atoms with Crippen LogP contribution in [0.2, 0.25) is 0 Å². The van der Waals surface area contributed by atoms with E-state index in [9.17, 15) is 13.2 Å². The van der Waals surface area contributed by atoms with E-state index in [0.29, 0.717) is 30.1 Å². The van der Waals surface area contributed by atoms with E-state index in [0.717, 1.165) is 48.8 Å². The number of rotatable bonds is 6. The van der Waals surface area contributed by atoms with Crippen molar-refractivity contribution in [3.8, 4) is 11.5 Å². The average Bonchev–Trinajstić information content (AvgIpc) is 3.05. The molecule has 0 radical (unpaired) electrons. The van der Waals surface area contributed by atoms with Gasteiger partial charge in [0.1, 0.15) is 5.82 Å². The van der Waals surface area contributed by atoms with Gasteiger partial charge in [0.15, 0.2) is 17.1 Å². The maximum Gasteiger partial charge on any atom is 0.416 e. The van der Waals surface area contributed by atoms with Crippen LogP contribution in [0.25, 0.3) is 11.2 Å². The standard InChI is InChI=1S/C22H23F3N4O2/c1-28-17-4-3-7-26-21(17)27-20(28)11-29-9-14-15(10-29)16(14)12-31-18-6-5-13(22(23,24)25)8-19(18)30-2/h3-8,14-16H,9-12H2,1-2H3/t14-,15+,16?/i2-1. The molecule has 164 valence electrons. The lowest BCUT2D eigenvalue weighted by Crippen LogP contribution is -2.26. The zero-order valence-corrected chi connectivity index (χ0v) is 17.3. The zero-order chi connectivity index (χ0) is 21.8. The highest BCUT2D eigenvalue weighted by Crippen LogP contribution is 2.52. The molecule has 5 rings (SSSR count). The highest BCUT2D eigenvalue weighted by molar-refractivity contribution is 5.71. The molecule has 2 fully saturated rings. The van der Waals surface area contributed by atoms with Crippen LogP contribution in [-0.2, 0) is 19.8 Å². The van der Waals surface area contributed by atoms with E-state index >= 15 is 0 Å². The number of aryl methyl sites for hydroxylation is 1. The molecular weight excluding hydrogens is 408 g/mol. The van der Waals surface area contributed by atoms with Crippen LogP contribution >= 0.6 is 0 Å². The third-order valence-corrected chi connectivity index (χ3v) is 6.48. The highest BCUT2D eigenvalue weighted by Gasteiger charge is 2.55. The highest BCUT2D eigenvalue weighted by atomic mass is 19.4. The summed E-state index contributed by atoms with van der Waals surface area (Å²) in [6, 6.07) is 7.28. The van der Waals surface area contributed by atoms with Crippen LogP contribution in [0, 0.1) is 17.8 Å². The largest absolute Gasteiger partial charge is 0.493 e. The Labute approximate surface area is 177 Å². The van der Waals surface area contributed by atoms with Crippen LogP contribution in [-0.4, -0.2) is 46.2 Å². The Hall–Kier alpha value is -2.81. The van der Waals surface area contributed by atoms with Gasteiger partial charge in [-0.3, -0.25) is 4.90 Å². The predicted octanol–water partition coefficient (Wildman–Crippen LogP) is 3.75. The lowest BCUT2D eigenvalue weighted by atomic mass is 10.2. The van der Waals surface area contributed by atoms with E-state index in [1.165, 1.54) is 13.2 Å². The van der Waals surface area contributed by atoms with Crippen molar-refractivity contribution in [1.82, 2.24) is 19.4 Å². The Morgan fingerprint density at radius 1 is 1.13 bits per heavy atom. The van der Waals surface area contributed by atoms with Gasteiger partial charge >= 0.3 is 6.18 Å². The van der Waals surface area contributed by atoms with E-state index in [1.807, 2.05) is 19.2 Å². The molecule has 0 amide bonds. The molecule has 0 bridgehead atoms. The third-order valence-electron chi connectivity index (χ3n) is 6.48. The second-order valence-corrected chi connectivity index (χ2v) is 8.29. The van der Waals surface area contributed by atoms with E-state index in [-0.39, 0.29) is 5.75 Å². The molecule has 1 saturated carbocycles. The summed E-state index contributed by atoms with van der Waals surface area (Å²) in [5.41, 5.74) is 1.05. The van der Waals surface area contributed by atoms with E-state index < -0.39 is 11.7 Å². The molecule has 3 heterocycles. The van der Waals surface area contributed by atoms with Gasteiger partial charge in [-0.2, -0.15) is 13.2 Å². The molecule has 6 nitrogen and oxygen atoms in total. The van der Waals surface area contributed by atoms with Crippen LogP contribution in [0.3, 0.4) is 0 Å². The molecule has 0 N–H and O–H groups in total. The van der Waals surface area contributed by atoms with Gasteiger partial charge in [0.25, 0.3) is 0 Å². The number of aromatic nitrogens is 3. The fraction of sp³-hybridized carbons (Fsp3) is 0.455. The van der Waals surface area contributed by atoms with Gasteiger partial charge in [-0.05, 0) is 42.2 Å². The molecule has 2 aromatic heterocycles. The number of hydrogen-bond donors (Lipinski definition) is 0. The van der Waals surface area contributed by atoms with Crippen LogP contribution in [0.1, 0.15) is 11.4 Å². The van der Waals surface area contributed by atoms with Gasteiger partial charge in [-0.1, -0.05) is 0 Å². The van der Waals surface area contributed by atoms with E-state index in [2.05, 4.69) is 19.4 Å². The Kier molecular flexibility index (Phi) is 4.80. The molecule has 0 spiro atoms. The van der Waals surface area contributed by atoms with Crippen LogP contribution in [0.5, 0.6) is 11.5 Å². The first-order valence-electron chi connectivity index (χ1n) is 10.2. The van der Waals surface area contributed by atoms with Crippen LogP contribution in [0.15, 0.2) is 36.5 Å². The maximum atomic E-state index is 12.9. The summed E-state index contributed by atoms with van der Waals surface area (Å²) >= 11 is 0. The van der Waals surface area contributed by atoms with E-state index in [4.69, 9.17) is 9.47 Å². The maximum absolute atomic E-state index is 12.9. The molecule has 9 heteroatoms. The normalized spacial score (nSPS) is 23.2. The number of piperidine rings is 1. The topological polar surface area (TPSA) is 52.4 Å². The summed E-state index contributed by atoms with van der Waals surface area (Å²) in [5.74, 6) is 2.98. The number of hydrogen-bond acceptors (Lipinski definition) is 5. The van der Waals surface area contributed by atoms with E-state index in [1.54, 1.807) is 6.20 Å². The Morgan fingerprint density at radius 3 is 2.58 bits per heavy atom. The van der Waals surface area contributed by atoms with Crippen molar-refractivity contribution in [2.75, 3.05) is 26.8 Å². The third kappa shape index (κ3) is 3.71. The van der Waals surface area contributed by atoms with Gasteiger partial charge in [0, 0.05) is 32.3 Å². The number of nitrogens with zero attached hydrogens (tertiary/aromatic N) is 4. The number of halogens is 3. The van der Waals surface area contributed by atoms with Crippen LogP contribution in [0.4, 0.5) is 13.2 Å². The molecule has 1 unspecified atom stereocenters. The lowest BCUT2D eigenvalue weighted by Gasteiger charge is -2.19. The summed E-state index contributed by atoms with van der Waals surface area (Å²) in [6.45, 7) is 3.21. The number of benzene rings is 1. The molecule has 31 heavy (non-hydrogen) atoms. The quantitative estimate of drug-likeness (QED) is 0.595. The predicted molar refractivity (Wildman–Crippen MR) is 108 cm³/mol. The number of pyridine rings is 1. The fourth-order valence-electron chi connectivity index (χ4n) is 4.68. The second kappa shape index (κ2) is 7.40. The average molecular weight is 431 g/mol. The lowest BCUT2D eigenvalue weighted by molar-refractivity contribution is -0.137. The first-order chi connectivity index (χ1) is 14.8. The van der Waals surface area contributed by atoms with Gasteiger partial charge in [0.05, 0.1) is 31.3 Å². The summed E-state index contributed by atoms with van der Waals surface area (Å²) < 4.78 is 51.7. The first-order valence-corrected chi connectivity index (χ1v) is 10.2. The number of likely N-dealkylation sites (tertiary alicyclic amines) is 1. The Balaban J connectivity index is 1.16. The van der Waals surface area contributed by atoms with Crippen molar-refractivity contribution >= 4 is 11.2 Å². The minimum Gasteiger partial charge on any atom is -0.493 e. The summed E-state index contributed by atoms with van der Waals surface area (Å²) in [6.07, 6.45) is -2.65. The molecule has 3 aromatic rings. The summed E-state index contributed by atoms with van der Waals surface area (Å²) in [4.78, 5) is 11.4. The molecule has 2 aliphatic rings. The molecule has 1 aliphatic heterocycles. The number of fused-ring (bicyclic) bond motifs is 2. The van der Waals surface area contributed by atoms with Gasteiger partial charge in [-0.15, -0.1) is 0 Å². The minimum absolute atomic E-state index is 0.109. The molecule has 1 aliphatic carbocycles. The van der Waals surface area contributed by atoms with Crippen molar-refractivity contribution in [2.24, 2.45) is 24.8 Å². The van der Waals surface area contributed by atoms with Crippen molar-refractivity contribution in [1.29, 1.82) is 0 Å². The molecular formula is C22H23F3N4O2. The van der Waals surface area contributed by atoms with Crippen LogP contribution < -0.4 is 9.47 Å². The number of alkyl halides is 3. The molecule has 3 atom stereocenters. The Bertz CT molecular complexity index is 1100. The van der Waals surface area contributed by atoms with Gasteiger partial charge in [-0.25, -0.2) is 9.97 Å². The zero-order valence-electron chi connectivity index (χ0n) is 17.3. The monoisotopic (exact) mass is 431 g/mol. The number of ether oxygens (including phenoxy) is 2. The van der Waals surface area contributed by atoms with Crippen molar-refractivity contribution in [3.63, 3.8) is 0 Å². The number of methoxy groups -OCH3 is 1. The number of imidazole rings is 1. The second-order valence-electron chi connectivity index (χ2n) is 8.29. The fourth-order valence-corrected chi connectivity index (χ4v) is 4.68. The van der Waals surface area contributed by atoms with Gasteiger partial charge < -0.3 is 14.0 Å². The smallest absolute Gasteiger partial charge is 0.416 e. The minimum atomic E-state index is -4.40. The summed E-state index contributed by atoms with van der Waals surface area (Å²) in [7, 11) is 3.36. The first kappa shape index (κ1) is 20.1. The van der Waals surface area contributed by atoms with Crippen molar-refractivity contribution in [3.05, 3.63) is 47.9 Å². The van der Waals surface area contributed by atoms with Crippen molar-refractivity contribution in [2.45, 2.75) is 12.7 Å². The van der Waals surface area contributed by atoms with Gasteiger partial charge in [0.2, 0.25) is 0 Å². The molecule has 1 saturated heterocycles. The molecule has 1 aromatic carbocycles. The van der Waals surface area contributed by atoms with Crippen molar-refractivity contribution < 1.29 is 22.6 Å². The SMILES string of the molecule is Cn1c(CN2C[C@@H]3C(COc4ccc(C(F)(F)F)cc4O[11CH3])[C@@H]3C2)nc2ncccc21. The summed E-state index contributed by atoms with van der Waals surface area (Å²) in [5, 5.41) is 0. The Morgan fingerprint density at radius 2 is 1.90 bits per heavy atom.